The highest BCUT2D eigenvalue weighted by atomic mass is 19.4. The molecule has 36 heavy (non-hydrogen) atoms. The van der Waals surface area contributed by atoms with Crippen LogP contribution in [0.1, 0.15) is 49.6 Å². The zero-order valence-electron chi connectivity index (χ0n) is 19.7. The number of carbonyl (C=O) groups is 2. The van der Waals surface area contributed by atoms with Crippen LogP contribution in [0.5, 0.6) is 0 Å². The van der Waals surface area contributed by atoms with Gasteiger partial charge >= 0.3 is 12.2 Å². The number of urea groups is 1. The van der Waals surface area contributed by atoms with Gasteiger partial charge in [-0.25, -0.2) is 9.69 Å². The Morgan fingerprint density at radius 2 is 1.69 bits per heavy atom. The Hall–Kier alpha value is -3.69. The molecule has 0 bridgehead atoms. The highest BCUT2D eigenvalue weighted by molar-refractivity contribution is 6.17. The summed E-state index contributed by atoms with van der Waals surface area (Å²) in [5.41, 5.74) is 1.22. The van der Waals surface area contributed by atoms with Crippen molar-refractivity contribution in [2.75, 3.05) is 4.90 Å². The van der Waals surface area contributed by atoms with E-state index < -0.39 is 17.8 Å². The van der Waals surface area contributed by atoms with E-state index in [4.69, 9.17) is 4.52 Å². The van der Waals surface area contributed by atoms with E-state index in [1.807, 2.05) is 19.1 Å². The number of amides is 3. The number of carbonyl (C=O) groups excluding carboxylic acids is 2. The van der Waals surface area contributed by atoms with Gasteiger partial charge in [0.15, 0.2) is 0 Å². The average Bonchev–Trinajstić information content (AvgIpc) is 3.35. The molecule has 2 heterocycles. The molecule has 1 aliphatic carbocycles. The second kappa shape index (κ2) is 9.40. The van der Waals surface area contributed by atoms with Crippen LogP contribution in [0.25, 0.3) is 11.4 Å². The lowest BCUT2D eigenvalue weighted by molar-refractivity contribution is -0.137. The minimum absolute atomic E-state index is 0.00442. The van der Waals surface area contributed by atoms with E-state index >= 15 is 0 Å². The maximum atomic E-state index is 13.6. The van der Waals surface area contributed by atoms with Crippen molar-refractivity contribution in [2.24, 2.45) is 5.92 Å². The first-order chi connectivity index (χ1) is 17.3. The van der Waals surface area contributed by atoms with Gasteiger partial charge in [0, 0.05) is 11.6 Å². The fourth-order valence-corrected chi connectivity index (χ4v) is 5.00. The van der Waals surface area contributed by atoms with Crippen molar-refractivity contribution in [1.82, 2.24) is 15.0 Å². The molecule has 3 aromatic rings. The fraction of sp³-hybridized carbons (Fsp3) is 0.385. The summed E-state index contributed by atoms with van der Waals surface area (Å²) >= 11 is 0. The summed E-state index contributed by atoms with van der Waals surface area (Å²) in [5, 5.41) is 3.90. The molecule has 0 N–H and O–H groups in total. The molecule has 2 unspecified atom stereocenters. The number of nitrogens with zero attached hydrogens (tertiary/aromatic N) is 4. The number of imide groups is 1. The predicted octanol–water partition coefficient (Wildman–Crippen LogP) is 5.85. The molecule has 7 nitrogen and oxygen atoms in total. The number of hydrogen-bond donors (Lipinski definition) is 0. The van der Waals surface area contributed by atoms with E-state index in [-0.39, 0.29) is 36.1 Å². The lowest BCUT2D eigenvalue weighted by Crippen LogP contribution is -2.62. The molecule has 0 spiro atoms. The number of aryl methyl sites for hydroxylation is 1. The molecule has 1 aliphatic heterocycles. The van der Waals surface area contributed by atoms with Crippen molar-refractivity contribution in [3.8, 4) is 11.4 Å². The number of alkyl halides is 3. The number of halogens is 3. The van der Waals surface area contributed by atoms with E-state index in [2.05, 4.69) is 10.1 Å². The average molecular weight is 499 g/mol. The summed E-state index contributed by atoms with van der Waals surface area (Å²) in [6.45, 7) is 2.04. The molecular weight excluding hydrogens is 473 g/mol. The van der Waals surface area contributed by atoms with Crippen LogP contribution in [0.4, 0.5) is 23.7 Å². The quantitative estimate of drug-likeness (QED) is 0.441. The van der Waals surface area contributed by atoms with Gasteiger partial charge in [0.05, 0.1) is 17.2 Å². The summed E-state index contributed by atoms with van der Waals surface area (Å²) in [6.07, 6.45) is -0.383. The van der Waals surface area contributed by atoms with Crippen LogP contribution in [0.15, 0.2) is 53.1 Å². The Bertz CT molecular complexity index is 1250. The zero-order valence-corrected chi connectivity index (χ0v) is 19.7. The van der Waals surface area contributed by atoms with Crippen molar-refractivity contribution in [1.29, 1.82) is 0 Å². The Morgan fingerprint density at radius 1 is 1.00 bits per heavy atom. The van der Waals surface area contributed by atoms with Crippen LogP contribution < -0.4 is 4.90 Å². The Morgan fingerprint density at radius 3 is 2.36 bits per heavy atom. The Labute approximate surface area is 205 Å². The first-order valence-corrected chi connectivity index (χ1v) is 12.0. The summed E-state index contributed by atoms with van der Waals surface area (Å²) in [5.74, 6) is -0.231. The molecular formula is C26H25F3N4O3. The van der Waals surface area contributed by atoms with Crippen LogP contribution >= 0.6 is 0 Å². The maximum absolute atomic E-state index is 13.6. The highest BCUT2D eigenvalue weighted by Gasteiger charge is 2.48. The lowest BCUT2D eigenvalue weighted by atomic mass is 9.81. The van der Waals surface area contributed by atoms with Crippen LogP contribution in [0.3, 0.4) is 0 Å². The number of fused-ring (bicyclic) bond motifs is 1. The van der Waals surface area contributed by atoms with Gasteiger partial charge < -0.3 is 9.42 Å². The summed E-state index contributed by atoms with van der Waals surface area (Å²) < 4.78 is 44.0. The number of anilines is 1. The number of hydrogen-bond acceptors (Lipinski definition) is 5. The zero-order chi connectivity index (χ0) is 25.4. The van der Waals surface area contributed by atoms with Gasteiger partial charge in [0.2, 0.25) is 17.6 Å². The molecule has 2 fully saturated rings. The van der Waals surface area contributed by atoms with Crippen molar-refractivity contribution < 1.29 is 27.3 Å². The number of aromatic nitrogens is 2. The summed E-state index contributed by atoms with van der Waals surface area (Å²) in [4.78, 5) is 34.1. The van der Waals surface area contributed by atoms with E-state index in [1.54, 1.807) is 17.0 Å². The van der Waals surface area contributed by atoms with E-state index in [0.29, 0.717) is 24.1 Å². The van der Waals surface area contributed by atoms with E-state index in [0.717, 1.165) is 37.0 Å². The molecule has 0 radical (unpaired) electrons. The number of rotatable bonds is 5. The molecule has 2 atom stereocenters. The van der Waals surface area contributed by atoms with E-state index in [1.165, 1.54) is 17.0 Å². The summed E-state index contributed by atoms with van der Waals surface area (Å²) in [6, 6.07) is 11.1. The van der Waals surface area contributed by atoms with Gasteiger partial charge in [-0.05, 0) is 49.1 Å². The highest BCUT2D eigenvalue weighted by Crippen LogP contribution is 2.37. The topological polar surface area (TPSA) is 79.5 Å². The van der Waals surface area contributed by atoms with Gasteiger partial charge in [-0.2, -0.15) is 18.2 Å². The molecule has 3 amide bonds. The van der Waals surface area contributed by atoms with Gasteiger partial charge in [0.1, 0.15) is 6.54 Å². The third-order valence-corrected chi connectivity index (χ3v) is 6.95. The largest absolute Gasteiger partial charge is 0.416 e. The van der Waals surface area contributed by atoms with E-state index in [9.17, 15) is 22.8 Å². The van der Waals surface area contributed by atoms with Crippen molar-refractivity contribution in [3.05, 3.63) is 65.5 Å². The second-order valence-corrected chi connectivity index (χ2v) is 9.15. The van der Waals surface area contributed by atoms with Gasteiger partial charge in [0.25, 0.3) is 0 Å². The van der Waals surface area contributed by atoms with Gasteiger partial charge in [-0.1, -0.05) is 49.2 Å². The minimum Gasteiger partial charge on any atom is -0.337 e. The first kappa shape index (κ1) is 24.0. The first-order valence-electron chi connectivity index (χ1n) is 12.0. The lowest BCUT2D eigenvalue weighted by Gasteiger charge is -2.46. The Balaban J connectivity index is 1.41. The summed E-state index contributed by atoms with van der Waals surface area (Å²) in [7, 11) is 0. The number of benzene rings is 2. The van der Waals surface area contributed by atoms with Gasteiger partial charge in [-0.3, -0.25) is 4.79 Å². The molecule has 10 heteroatoms. The predicted molar refractivity (Wildman–Crippen MR) is 125 cm³/mol. The van der Waals surface area contributed by atoms with Crippen molar-refractivity contribution in [3.63, 3.8) is 0 Å². The van der Waals surface area contributed by atoms with Crippen LogP contribution in [-0.2, 0) is 23.9 Å². The standard InChI is InChI=1S/C26H25F3N4O3/c1-2-16-7-13-19(14-8-16)33-24(34)20-5-3-4-6-21(20)32(25(33)35)15-22-30-23(31-36-22)17-9-11-18(12-10-17)26(27,28)29/h7-14,20-21H,2-6,15H2,1H3. The van der Waals surface area contributed by atoms with Crippen LogP contribution in [0, 0.1) is 5.92 Å². The molecule has 2 aromatic carbocycles. The van der Waals surface area contributed by atoms with Crippen LogP contribution in [0.2, 0.25) is 0 Å². The third-order valence-electron chi connectivity index (χ3n) is 6.95. The molecule has 1 saturated carbocycles. The minimum atomic E-state index is -4.44. The molecule has 1 saturated heterocycles. The molecule has 2 aliphatic rings. The van der Waals surface area contributed by atoms with Crippen molar-refractivity contribution >= 4 is 17.6 Å². The third kappa shape index (κ3) is 4.47. The molecule has 188 valence electrons. The normalized spacial score (nSPS) is 20.6. The molecule has 1 aromatic heterocycles. The fourth-order valence-electron chi connectivity index (χ4n) is 5.00. The van der Waals surface area contributed by atoms with Crippen LogP contribution in [-0.4, -0.2) is 33.0 Å². The van der Waals surface area contributed by atoms with Gasteiger partial charge in [-0.15, -0.1) is 0 Å². The second-order valence-electron chi connectivity index (χ2n) is 9.15. The Kier molecular flexibility index (Phi) is 6.27. The monoisotopic (exact) mass is 498 g/mol. The SMILES string of the molecule is CCc1ccc(N2C(=O)C3CCCCC3N(Cc3nc(-c4ccc(C(F)(F)F)cc4)no3)C2=O)cc1. The smallest absolute Gasteiger partial charge is 0.337 e. The maximum Gasteiger partial charge on any atom is 0.416 e. The van der Waals surface area contributed by atoms with Crippen molar-refractivity contribution in [2.45, 2.75) is 57.8 Å². The molecule has 5 rings (SSSR count).